The van der Waals surface area contributed by atoms with Crippen molar-refractivity contribution >= 4 is 73.2 Å². The normalized spacial score (nSPS) is 16.2. The molecule has 0 radical (unpaired) electrons. The molecule has 12 rings (SSSR count). The van der Waals surface area contributed by atoms with Gasteiger partial charge in [0.2, 0.25) is 0 Å². The van der Waals surface area contributed by atoms with Crippen LogP contribution in [0.2, 0.25) is 0 Å². The quantitative estimate of drug-likeness (QED) is 0.143. The van der Waals surface area contributed by atoms with Crippen LogP contribution in [0.1, 0.15) is 47.2 Å². The highest BCUT2D eigenvalue weighted by molar-refractivity contribution is 6.00. The molecule has 2 heterocycles. The third-order valence-corrected chi connectivity index (χ3v) is 15.2. The molecule has 9 aromatic carbocycles. The number of hydrogen-bond donors (Lipinski definition) is 0. The number of fused-ring (bicyclic) bond motifs is 6. The molecule has 0 aromatic heterocycles. The number of para-hydroxylation sites is 3. The maximum atomic E-state index is 2.67. The van der Waals surface area contributed by atoms with E-state index in [-0.39, 0.29) is 17.4 Å². The summed E-state index contributed by atoms with van der Waals surface area (Å²) in [5.74, 6) is 0.106. The van der Waals surface area contributed by atoms with Crippen molar-refractivity contribution in [3.05, 3.63) is 257 Å². The molecule has 9 aromatic rings. The highest BCUT2D eigenvalue weighted by atomic mass is 15.2. The number of hydrogen-bond acceptors (Lipinski definition) is 4. The first kappa shape index (κ1) is 42.3. The lowest BCUT2D eigenvalue weighted by atomic mass is 9.63. The van der Waals surface area contributed by atoms with E-state index in [9.17, 15) is 0 Å². The monoisotopic (exact) mass is 892 g/mol. The van der Waals surface area contributed by atoms with Gasteiger partial charge >= 0.3 is 0 Å². The lowest BCUT2D eigenvalue weighted by Crippen LogP contribution is -2.49. The average Bonchev–Trinajstić information content (AvgIpc) is 3.70. The summed E-state index contributed by atoms with van der Waals surface area (Å²) in [4.78, 5) is 9.99. The predicted molar refractivity (Wildman–Crippen MR) is 292 cm³/mol. The van der Waals surface area contributed by atoms with E-state index in [0.29, 0.717) is 0 Å². The van der Waals surface area contributed by atoms with Crippen LogP contribution >= 0.6 is 0 Å². The molecule has 0 bridgehead atoms. The molecule has 0 amide bonds. The summed E-state index contributed by atoms with van der Waals surface area (Å²) in [5, 5.41) is 2.45. The van der Waals surface area contributed by atoms with Crippen molar-refractivity contribution in [2.24, 2.45) is 5.92 Å². The third-order valence-electron chi connectivity index (χ3n) is 15.2. The Hall–Kier alpha value is -8.08. The number of benzene rings is 9. The number of anilines is 10. The van der Waals surface area contributed by atoms with Crippen molar-refractivity contribution in [1.29, 1.82) is 0 Å². The fraction of sp³-hybridized carbons (Fsp3) is 0.138. The van der Waals surface area contributed by atoms with Gasteiger partial charge in [-0.25, -0.2) is 0 Å². The van der Waals surface area contributed by atoms with Crippen LogP contribution in [0.5, 0.6) is 0 Å². The van der Waals surface area contributed by atoms with Crippen molar-refractivity contribution < 1.29 is 0 Å². The van der Waals surface area contributed by atoms with E-state index in [4.69, 9.17) is 0 Å². The standard InChI is InChI=1S/C65H56N4/c1-43-26-29-52(36-45(43)3)66(49-20-10-7-11-21-49)55-32-34-62-58(39-55)59-40-57(68(51-24-14-9-15-25-51)54-31-28-47-18-16-17-19-48(47)38-54)42-61-64(59)69(62)63-35-33-56(41-60(63)65(61,5)6)67(50-22-12-8-13-23-50)53-30-27-44(2)46(4)37-53/h7-42,61,64H,1-6H3. The van der Waals surface area contributed by atoms with Crippen LogP contribution in [0, 0.1) is 33.6 Å². The molecular formula is C65H56N4. The molecule has 0 saturated carbocycles. The summed E-state index contributed by atoms with van der Waals surface area (Å²) in [7, 11) is 0. The first-order valence-electron chi connectivity index (χ1n) is 24.3. The zero-order valence-corrected chi connectivity index (χ0v) is 40.2. The second-order valence-electron chi connectivity index (χ2n) is 19.7. The third kappa shape index (κ3) is 7.13. The molecule has 3 aliphatic rings. The molecule has 0 saturated heterocycles. The van der Waals surface area contributed by atoms with Crippen molar-refractivity contribution in [3.8, 4) is 0 Å². The fourth-order valence-electron chi connectivity index (χ4n) is 11.3. The summed E-state index contributed by atoms with van der Waals surface area (Å²) in [6.45, 7) is 13.8. The van der Waals surface area contributed by atoms with Gasteiger partial charge in [0.15, 0.2) is 0 Å². The molecule has 0 N–H and O–H groups in total. The maximum absolute atomic E-state index is 2.67. The predicted octanol–water partition coefficient (Wildman–Crippen LogP) is 17.6. The van der Waals surface area contributed by atoms with Crippen LogP contribution in [0.3, 0.4) is 0 Å². The van der Waals surface area contributed by atoms with Crippen LogP contribution in [0.25, 0.3) is 16.3 Å². The lowest BCUT2D eigenvalue weighted by Gasteiger charge is -2.50. The summed E-state index contributed by atoms with van der Waals surface area (Å²) in [5.41, 5.74) is 21.6. The second-order valence-corrected chi connectivity index (χ2v) is 19.7. The van der Waals surface area contributed by atoms with E-state index in [0.717, 1.165) is 45.5 Å². The van der Waals surface area contributed by atoms with E-state index in [2.05, 4.69) is 280 Å². The Morgan fingerprint density at radius 1 is 0.391 bits per heavy atom. The Morgan fingerprint density at radius 2 is 0.855 bits per heavy atom. The van der Waals surface area contributed by atoms with Crippen LogP contribution < -0.4 is 19.6 Å². The molecule has 69 heavy (non-hydrogen) atoms. The van der Waals surface area contributed by atoms with Crippen molar-refractivity contribution in [3.63, 3.8) is 0 Å². The number of nitrogens with zero attached hydrogens (tertiary/aromatic N) is 4. The number of aryl methyl sites for hydroxylation is 4. The van der Waals surface area contributed by atoms with Gasteiger partial charge in [-0.2, -0.15) is 0 Å². The zero-order valence-electron chi connectivity index (χ0n) is 40.2. The van der Waals surface area contributed by atoms with E-state index in [1.165, 1.54) is 66.8 Å². The van der Waals surface area contributed by atoms with Crippen LogP contribution in [0.15, 0.2) is 224 Å². The molecule has 336 valence electrons. The molecule has 4 heteroatoms. The van der Waals surface area contributed by atoms with Gasteiger partial charge in [0, 0.05) is 79.5 Å². The van der Waals surface area contributed by atoms with Crippen molar-refractivity contribution in [1.82, 2.24) is 0 Å². The minimum absolute atomic E-state index is 0.0818. The topological polar surface area (TPSA) is 13.0 Å². The van der Waals surface area contributed by atoms with Gasteiger partial charge in [0.25, 0.3) is 0 Å². The molecule has 2 atom stereocenters. The molecule has 2 unspecified atom stereocenters. The summed E-state index contributed by atoms with van der Waals surface area (Å²) in [6, 6.07) is 76.3. The van der Waals surface area contributed by atoms with E-state index in [1.807, 2.05) is 0 Å². The minimum Gasteiger partial charge on any atom is -0.332 e. The van der Waals surface area contributed by atoms with Crippen LogP contribution in [-0.2, 0) is 5.41 Å². The van der Waals surface area contributed by atoms with Crippen LogP contribution in [0.4, 0.5) is 56.9 Å². The average molecular weight is 893 g/mol. The molecular weight excluding hydrogens is 837 g/mol. The van der Waals surface area contributed by atoms with Gasteiger partial charge in [-0.05, 0) is 187 Å². The van der Waals surface area contributed by atoms with E-state index >= 15 is 0 Å². The van der Waals surface area contributed by atoms with Crippen molar-refractivity contribution in [2.45, 2.75) is 53.0 Å². The highest BCUT2D eigenvalue weighted by Gasteiger charge is 2.53. The van der Waals surface area contributed by atoms with Gasteiger partial charge in [-0.3, -0.25) is 0 Å². The second kappa shape index (κ2) is 16.6. The van der Waals surface area contributed by atoms with Gasteiger partial charge in [0.05, 0.1) is 6.04 Å². The summed E-state index contributed by atoms with van der Waals surface area (Å²) in [6.07, 6.45) is 5.09. The number of rotatable bonds is 9. The Labute approximate surface area is 407 Å². The lowest BCUT2D eigenvalue weighted by molar-refractivity contribution is 0.339. The Kier molecular flexibility index (Phi) is 10.2. The van der Waals surface area contributed by atoms with E-state index < -0.39 is 0 Å². The minimum atomic E-state index is -0.283. The van der Waals surface area contributed by atoms with Crippen LogP contribution in [-0.4, -0.2) is 6.04 Å². The van der Waals surface area contributed by atoms with Crippen molar-refractivity contribution in [2.75, 3.05) is 19.6 Å². The SMILES string of the molecule is Cc1ccc(N(c2ccccc2)c2ccc3c(c2)C2=CC(N(c4ccccc4)c4ccc5ccccc5c4)=CC4C2N3c2ccc(N(c3ccccc3)c3ccc(C)c(C)c3)cc2C4(C)C)cc1C. The zero-order chi connectivity index (χ0) is 47.0. The Balaban J connectivity index is 1.09. The summed E-state index contributed by atoms with van der Waals surface area (Å²) >= 11 is 0. The number of allylic oxidation sites excluding steroid dienone is 1. The first-order chi connectivity index (χ1) is 33.6. The highest BCUT2D eigenvalue weighted by Crippen LogP contribution is 2.61. The molecule has 4 nitrogen and oxygen atoms in total. The Morgan fingerprint density at radius 3 is 1.43 bits per heavy atom. The molecule has 0 fully saturated rings. The molecule has 2 aliphatic heterocycles. The maximum Gasteiger partial charge on any atom is 0.0671 e. The van der Waals surface area contributed by atoms with Gasteiger partial charge < -0.3 is 19.6 Å². The van der Waals surface area contributed by atoms with Gasteiger partial charge in [0.1, 0.15) is 0 Å². The molecule has 1 aliphatic carbocycles. The summed E-state index contributed by atoms with van der Waals surface area (Å²) < 4.78 is 0. The van der Waals surface area contributed by atoms with Gasteiger partial charge in [-0.1, -0.05) is 117 Å². The fourth-order valence-corrected chi connectivity index (χ4v) is 11.3. The Bertz CT molecular complexity index is 3500. The molecule has 0 spiro atoms. The first-order valence-corrected chi connectivity index (χ1v) is 24.3. The van der Waals surface area contributed by atoms with Gasteiger partial charge in [-0.15, -0.1) is 0 Å². The smallest absolute Gasteiger partial charge is 0.0671 e. The largest absolute Gasteiger partial charge is 0.332 e. The van der Waals surface area contributed by atoms with E-state index in [1.54, 1.807) is 0 Å².